The average molecular weight is 208 g/mol. The van der Waals surface area contributed by atoms with Crippen LogP contribution in [-0.4, -0.2) is 18.0 Å². The van der Waals surface area contributed by atoms with Gasteiger partial charge in [0, 0.05) is 6.04 Å². The van der Waals surface area contributed by atoms with Crippen molar-refractivity contribution >= 4 is 5.91 Å². The van der Waals surface area contributed by atoms with Crippen molar-refractivity contribution in [2.75, 3.05) is 0 Å². The first-order chi connectivity index (χ1) is 7.25. The van der Waals surface area contributed by atoms with Crippen molar-refractivity contribution in [3.8, 4) is 0 Å². The molecule has 15 heavy (non-hydrogen) atoms. The van der Waals surface area contributed by atoms with Crippen molar-refractivity contribution in [3.63, 3.8) is 0 Å². The van der Waals surface area contributed by atoms with Gasteiger partial charge in [-0.15, -0.1) is 0 Å². The van der Waals surface area contributed by atoms with E-state index in [2.05, 4.69) is 10.6 Å². The zero-order chi connectivity index (χ0) is 10.7. The fourth-order valence-electron chi connectivity index (χ4n) is 1.31. The summed E-state index contributed by atoms with van der Waals surface area (Å²) in [6.45, 7) is 2.45. The van der Waals surface area contributed by atoms with E-state index in [1.165, 1.54) is 0 Å². The molecule has 2 rings (SSSR count). The molecule has 4 heteroatoms. The summed E-state index contributed by atoms with van der Waals surface area (Å²) < 4.78 is 5.16. The second-order valence-corrected chi connectivity index (χ2v) is 3.96. The largest absolute Gasteiger partial charge is 0.468 e. The number of rotatable bonds is 5. The van der Waals surface area contributed by atoms with Gasteiger partial charge in [-0.2, -0.15) is 0 Å². The molecule has 1 aliphatic carbocycles. The van der Waals surface area contributed by atoms with E-state index in [9.17, 15) is 4.79 Å². The van der Waals surface area contributed by atoms with Crippen LogP contribution in [-0.2, 0) is 11.3 Å². The number of nitrogens with one attached hydrogen (secondary N) is 2. The van der Waals surface area contributed by atoms with Crippen LogP contribution in [0.2, 0.25) is 0 Å². The zero-order valence-corrected chi connectivity index (χ0v) is 8.82. The summed E-state index contributed by atoms with van der Waals surface area (Å²) in [4.78, 5) is 11.5. The number of carbonyl (C=O) groups is 1. The summed E-state index contributed by atoms with van der Waals surface area (Å²) >= 11 is 0. The summed E-state index contributed by atoms with van der Waals surface area (Å²) in [5, 5.41) is 6.06. The van der Waals surface area contributed by atoms with Gasteiger partial charge < -0.3 is 9.73 Å². The molecule has 0 radical (unpaired) electrons. The summed E-state index contributed by atoms with van der Waals surface area (Å²) in [5.41, 5.74) is 0. The molecule has 1 heterocycles. The number of hydrogen-bond acceptors (Lipinski definition) is 3. The first-order valence-electron chi connectivity index (χ1n) is 5.32. The third-order valence-electron chi connectivity index (χ3n) is 2.48. The Labute approximate surface area is 89.0 Å². The highest BCUT2D eigenvalue weighted by molar-refractivity contribution is 5.81. The summed E-state index contributed by atoms with van der Waals surface area (Å²) in [6, 6.07) is 3.98. The third-order valence-corrected chi connectivity index (χ3v) is 2.48. The lowest BCUT2D eigenvalue weighted by Crippen LogP contribution is -2.42. The smallest absolute Gasteiger partial charge is 0.237 e. The molecule has 1 atom stereocenters. The van der Waals surface area contributed by atoms with Crippen molar-refractivity contribution in [1.82, 2.24) is 10.6 Å². The van der Waals surface area contributed by atoms with E-state index in [-0.39, 0.29) is 11.9 Å². The van der Waals surface area contributed by atoms with Gasteiger partial charge in [0.25, 0.3) is 0 Å². The lowest BCUT2D eigenvalue weighted by Gasteiger charge is -2.12. The Morgan fingerprint density at radius 1 is 1.67 bits per heavy atom. The molecule has 0 saturated heterocycles. The maximum Gasteiger partial charge on any atom is 0.237 e. The third kappa shape index (κ3) is 3.09. The molecule has 1 amide bonds. The van der Waals surface area contributed by atoms with Crippen molar-refractivity contribution in [1.29, 1.82) is 0 Å². The Balaban J connectivity index is 1.71. The van der Waals surface area contributed by atoms with Gasteiger partial charge in [-0.1, -0.05) is 0 Å². The molecule has 4 nitrogen and oxygen atoms in total. The molecular formula is C11H16N2O2. The molecule has 1 aliphatic rings. The monoisotopic (exact) mass is 208 g/mol. The van der Waals surface area contributed by atoms with Crippen molar-refractivity contribution in [3.05, 3.63) is 24.2 Å². The first kappa shape index (κ1) is 10.2. The van der Waals surface area contributed by atoms with Crippen LogP contribution in [0.1, 0.15) is 25.5 Å². The average Bonchev–Trinajstić information content (AvgIpc) is 2.88. The molecule has 0 aromatic carbocycles. The van der Waals surface area contributed by atoms with Gasteiger partial charge in [-0.3, -0.25) is 10.1 Å². The minimum atomic E-state index is -0.171. The van der Waals surface area contributed by atoms with Gasteiger partial charge in [0.15, 0.2) is 0 Å². The van der Waals surface area contributed by atoms with Crippen LogP contribution >= 0.6 is 0 Å². The van der Waals surface area contributed by atoms with Crippen molar-refractivity contribution in [2.45, 2.75) is 38.4 Å². The number of furan rings is 1. The van der Waals surface area contributed by atoms with Crippen LogP contribution in [0, 0.1) is 0 Å². The Morgan fingerprint density at radius 3 is 3.07 bits per heavy atom. The predicted molar refractivity (Wildman–Crippen MR) is 56.2 cm³/mol. The van der Waals surface area contributed by atoms with Crippen LogP contribution in [0.25, 0.3) is 0 Å². The Morgan fingerprint density at radius 2 is 2.47 bits per heavy atom. The van der Waals surface area contributed by atoms with E-state index in [1.54, 1.807) is 6.26 Å². The van der Waals surface area contributed by atoms with Crippen LogP contribution in [0.5, 0.6) is 0 Å². The van der Waals surface area contributed by atoms with E-state index in [0.717, 1.165) is 18.6 Å². The van der Waals surface area contributed by atoms with Gasteiger partial charge >= 0.3 is 0 Å². The van der Waals surface area contributed by atoms with Crippen molar-refractivity contribution < 1.29 is 9.21 Å². The minimum absolute atomic E-state index is 0.0732. The molecular weight excluding hydrogens is 192 g/mol. The Kier molecular flexibility index (Phi) is 3.06. The van der Waals surface area contributed by atoms with E-state index in [1.807, 2.05) is 19.1 Å². The number of amides is 1. The van der Waals surface area contributed by atoms with Crippen LogP contribution < -0.4 is 10.6 Å². The molecule has 1 fully saturated rings. The summed E-state index contributed by atoms with van der Waals surface area (Å²) in [5.74, 6) is 0.921. The van der Waals surface area contributed by atoms with Crippen molar-refractivity contribution in [2.24, 2.45) is 0 Å². The highest BCUT2D eigenvalue weighted by atomic mass is 16.3. The van der Waals surface area contributed by atoms with Gasteiger partial charge in [0.1, 0.15) is 5.76 Å². The van der Waals surface area contributed by atoms with Gasteiger partial charge in [0.2, 0.25) is 5.91 Å². The second kappa shape index (κ2) is 4.49. The zero-order valence-electron chi connectivity index (χ0n) is 8.82. The molecule has 1 aromatic heterocycles. The lowest BCUT2D eigenvalue weighted by molar-refractivity contribution is -0.122. The predicted octanol–water partition coefficient (Wildman–Crippen LogP) is 1.04. The highest BCUT2D eigenvalue weighted by Crippen LogP contribution is 2.18. The quantitative estimate of drug-likeness (QED) is 0.760. The van der Waals surface area contributed by atoms with Crippen LogP contribution in [0.4, 0.5) is 0 Å². The molecule has 2 N–H and O–H groups in total. The van der Waals surface area contributed by atoms with Crippen LogP contribution in [0.15, 0.2) is 22.8 Å². The SMILES string of the molecule is CC(NCc1ccco1)C(=O)NC1CC1. The fraction of sp³-hybridized carbons (Fsp3) is 0.545. The topological polar surface area (TPSA) is 54.3 Å². The molecule has 82 valence electrons. The molecule has 1 aromatic rings. The Bertz CT molecular complexity index is 317. The molecule has 0 spiro atoms. The molecule has 0 aliphatic heterocycles. The number of hydrogen-bond donors (Lipinski definition) is 2. The van der Waals surface area contributed by atoms with E-state index in [0.29, 0.717) is 12.6 Å². The molecule has 0 bridgehead atoms. The molecule has 1 saturated carbocycles. The maximum absolute atomic E-state index is 11.5. The van der Waals surface area contributed by atoms with Crippen LogP contribution in [0.3, 0.4) is 0 Å². The molecule has 1 unspecified atom stereocenters. The van der Waals surface area contributed by atoms with Gasteiger partial charge in [-0.05, 0) is 31.9 Å². The number of carbonyl (C=O) groups excluding carboxylic acids is 1. The second-order valence-electron chi connectivity index (χ2n) is 3.96. The van der Waals surface area contributed by atoms with E-state index in [4.69, 9.17) is 4.42 Å². The minimum Gasteiger partial charge on any atom is -0.468 e. The summed E-state index contributed by atoms with van der Waals surface area (Å²) in [7, 11) is 0. The van der Waals surface area contributed by atoms with E-state index < -0.39 is 0 Å². The Hall–Kier alpha value is -1.29. The standard InChI is InChI=1S/C11H16N2O2/c1-8(11(14)13-9-4-5-9)12-7-10-3-2-6-15-10/h2-3,6,8-9,12H,4-5,7H2,1H3,(H,13,14). The van der Waals surface area contributed by atoms with Gasteiger partial charge in [-0.25, -0.2) is 0 Å². The first-order valence-corrected chi connectivity index (χ1v) is 5.32. The van der Waals surface area contributed by atoms with E-state index >= 15 is 0 Å². The highest BCUT2D eigenvalue weighted by Gasteiger charge is 2.25. The normalized spacial score (nSPS) is 17.4. The summed E-state index contributed by atoms with van der Waals surface area (Å²) in [6.07, 6.45) is 3.87. The maximum atomic E-state index is 11.5. The van der Waals surface area contributed by atoms with Gasteiger partial charge in [0.05, 0.1) is 18.8 Å². The fourth-order valence-corrected chi connectivity index (χ4v) is 1.31. The lowest BCUT2D eigenvalue weighted by atomic mass is 10.3.